The summed E-state index contributed by atoms with van der Waals surface area (Å²) in [4.78, 5) is 23.9. The third-order valence-corrected chi connectivity index (χ3v) is 5.54. The summed E-state index contributed by atoms with van der Waals surface area (Å²) in [6, 6.07) is 17.0. The Kier molecular flexibility index (Phi) is 6.22. The minimum atomic E-state index is -0.363. The van der Waals surface area contributed by atoms with Crippen LogP contribution in [-0.2, 0) is 11.4 Å². The standard InChI is InChI=1S/C26H27N3O4/c1-15-11-20(27-17(3)30)12-16(2)24(15)33-14-19-13-18(9-10-23(19)32-4)25-28-22-8-6-5-7-21(22)26(31)29-25/h5-13,25,28H,14H2,1-4H3,(H,27,30)(H,29,31). The van der Waals surface area contributed by atoms with Crippen molar-refractivity contribution in [3.63, 3.8) is 0 Å². The highest BCUT2D eigenvalue weighted by molar-refractivity contribution is 6.01. The number of rotatable bonds is 6. The van der Waals surface area contributed by atoms with Crippen molar-refractivity contribution in [2.45, 2.75) is 33.5 Å². The molecule has 1 heterocycles. The average molecular weight is 446 g/mol. The Labute approximate surface area is 193 Å². The Bertz CT molecular complexity index is 1200. The first-order chi connectivity index (χ1) is 15.9. The topological polar surface area (TPSA) is 88.7 Å². The van der Waals surface area contributed by atoms with E-state index in [2.05, 4.69) is 16.0 Å². The lowest BCUT2D eigenvalue weighted by molar-refractivity contribution is -0.114. The monoisotopic (exact) mass is 445 g/mol. The Balaban J connectivity index is 1.56. The molecule has 0 bridgehead atoms. The second kappa shape index (κ2) is 9.24. The number of carbonyl (C=O) groups is 2. The van der Waals surface area contributed by atoms with E-state index in [0.717, 1.165) is 39.4 Å². The van der Waals surface area contributed by atoms with Gasteiger partial charge in [-0.2, -0.15) is 0 Å². The van der Waals surface area contributed by atoms with Gasteiger partial charge in [0, 0.05) is 23.9 Å². The van der Waals surface area contributed by atoms with E-state index < -0.39 is 0 Å². The predicted octanol–water partition coefficient (Wildman–Crippen LogP) is 4.70. The lowest BCUT2D eigenvalue weighted by atomic mass is 10.0. The third-order valence-electron chi connectivity index (χ3n) is 5.54. The molecule has 1 aliphatic rings. The molecule has 3 aromatic carbocycles. The lowest BCUT2D eigenvalue weighted by Crippen LogP contribution is -2.38. The quantitative estimate of drug-likeness (QED) is 0.512. The van der Waals surface area contributed by atoms with Crippen LogP contribution >= 0.6 is 0 Å². The molecule has 3 N–H and O–H groups in total. The minimum Gasteiger partial charge on any atom is -0.496 e. The largest absolute Gasteiger partial charge is 0.496 e. The number of benzene rings is 3. The van der Waals surface area contributed by atoms with Gasteiger partial charge in [0.2, 0.25) is 5.91 Å². The SMILES string of the molecule is COc1ccc(C2NC(=O)c3ccccc3N2)cc1COc1c(C)cc(NC(C)=O)cc1C. The van der Waals surface area contributed by atoms with Crippen molar-refractivity contribution in [2.75, 3.05) is 17.7 Å². The van der Waals surface area contributed by atoms with Crippen LogP contribution in [0.2, 0.25) is 0 Å². The van der Waals surface area contributed by atoms with E-state index in [0.29, 0.717) is 11.3 Å². The van der Waals surface area contributed by atoms with Crippen molar-refractivity contribution in [1.29, 1.82) is 0 Å². The molecule has 0 aliphatic carbocycles. The van der Waals surface area contributed by atoms with Gasteiger partial charge >= 0.3 is 0 Å². The molecular formula is C26H27N3O4. The van der Waals surface area contributed by atoms with Gasteiger partial charge in [0.25, 0.3) is 5.91 Å². The zero-order valence-electron chi connectivity index (χ0n) is 19.1. The smallest absolute Gasteiger partial charge is 0.255 e. The molecule has 1 aliphatic heterocycles. The van der Waals surface area contributed by atoms with Crippen molar-refractivity contribution in [3.8, 4) is 11.5 Å². The van der Waals surface area contributed by atoms with E-state index in [1.54, 1.807) is 13.2 Å². The molecule has 1 atom stereocenters. The maximum atomic E-state index is 12.5. The van der Waals surface area contributed by atoms with Crippen molar-refractivity contribution in [3.05, 3.63) is 82.4 Å². The highest BCUT2D eigenvalue weighted by atomic mass is 16.5. The predicted molar refractivity (Wildman–Crippen MR) is 128 cm³/mol. The molecule has 2 amide bonds. The fraction of sp³-hybridized carbons (Fsp3) is 0.231. The molecule has 0 radical (unpaired) electrons. The van der Waals surface area contributed by atoms with Crippen molar-refractivity contribution >= 4 is 23.2 Å². The van der Waals surface area contributed by atoms with Crippen LogP contribution in [-0.4, -0.2) is 18.9 Å². The van der Waals surface area contributed by atoms with Gasteiger partial charge in [-0.1, -0.05) is 18.2 Å². The number of ether oxygens (including phenoxy) is 2. The number of methoxy groups -OCH3 is 1. The van der Waals surface area contributed by atoms with Crippen LogP contribution in [0.15, 0.2) is 54.6 Å². The highest BCUT2D eigenvalue weighted by Gasteiger charge is 2.25. The number of carbonyl (C=O) groups excluding carboxylic acids is 2. The molecule has 3 aromatic rings. The van der Waals surface area contributed by atoms with Crippen LogP contribution in [0.4, 0.5) is 11.4 Å². The maximum Gasteiger partial charge on any atom is 0.255 e. The first-order valence-electron chi connectivity index (χ1n) is 10.7. The molecule has 0 spiro atoms. The van der Waals surface area contributed by atoms with Gasteiger partial charge < -0.3 is 25.4 Å². The first kappa shape index (κ1) is 22.2. The fourth-order valence-electron chi connectivity index (χ4n) is 4.07. The minimum absolute atomic E-state index is 0.116. The van der Waals surface area contributed by atoms with Gasteiger partial charge in [0.1, 0.15) is 24.3 Å². The van der Waals surface area contributed by atoms with Gasteiger partial charge in [-0.25, -0.2) is 0 Å². The van der Waals surface area contributed by atoms with Gasteiger partial charge in [-0.3, -0.25) is 9.59 Å². The molecule has 7 nitrogen and oxygen atoms in total. The number of hydrogen-bond donors (Lipinski definition) is 3. The Morgan fingerprint density at radius 3 is 2.45 bits per heavy atom. The third kappa shape index (κ3) is 4.77. The molecule has 0 saturated carbocycles. The summed E-state index contributed by atoms with van der Waals surface area (Å²) in [5.74, 6) is 1.23. The number of anilines is 2. The number of nitrogens with one attached hydrogen (secondary N) is 3. The van der Waals surface area contributed by atoms with Gasteiger partial charge in [-0.15, -0.1) is 0 Å². The van der Waals surface area contributed by atoms with Gasteiger partial charge in [0.15, 0.2) is 0 Å². The summed E-state index contributed by atoms with van der Waals surface area (Å²) >= 11 is 0. The molecule has 33 heavy (non-hydrogen) atoms. The summed E-state index contributed by atoms with van der Waals surface area (Å²) in [5.41, 5.74) is 5.76. The number of amides is 2. The second-order valence-corrected chi connectivity index (χ2v) is 8.08. The van der Waals surface area contributed by atoms with Crippen LogP contribution in [0, 0.1) is 13.8 Å². The molecule has 170 valence electrons. The zero-order chi connectivity index (χ0) is 23.5. The first-order valence-corrected chi connectivity index (χ1v) is 10.7. The van der Waals surface area contributed by atoms with E-state index in [1.165, 1.54) is 6.92 Å². The Morgan fingerprint density at radius 2 is 1.76 bits per heavy atom. The summed E-state index contributed by atoms with van der Waals surface area (Å²) in [7, 11) is 1.62. The summed E-state index contributed by atoms with van der Waals surface area (Å²) in [6.07, 6.45) is -0.363. The van der Waals surface area contributed by atoms with E-state index in [9.17, 15) is 9.59 Å². The van der Waals surface area contributed by atoms with Gasteiger partial charge in [0.05, 0.1) is 12.7 Å². The van der Waals surface area contributed by atoms with Crippen LogP contribution < -0.4 is 25.4 Å². The summed E-state index contributed by atoms with van der Waals surface area (Å²) in [6.45, 7) is 5.66. The van der Waals surface area contributed by atoms with Crippen molar-refractivity contribution < 1.29 is 19.1 Å². The van der Waals surface area contributed by atoms with Crippen LogP contribution in [0.25, 0.3) is 0 Å². The molecule has 0 aromatic heterocycles. The molecular weight excluding hydrogens is 418 g/mol. The van der Waals surface area contributed by atoms with E-state index in [4.69, 9.17) is 9.47 Å². The second-order valence-electron chi connectivity index (χ2n) is 8.08. The number of fused-ring (bicyclic) bond motifs is 1. The van der Waals surface area contributed by atoms with Gasteiger partial charge in [-0.05, 0) is 66.9 Å². The van der Waals surface area contributed by atoms with Crippen LogP contribution in [0.3, 0.4) is 0 Å². The van der Waals surface area contributed by atoms with E-state index in [-0.39, 0.29) is 24.6 Å². The average Bonchev–Trinajstić information content (AvgIpc) is 2.78. The van der Waals surface area contributed by atoms with Crippen LogP contribution in [0.1, 0.15) is 45.7 Å². The molecule has 0 fully saturated rings. The highest BCUT2D eigenvalue weighted by Crippen LogP contribution is 2.32. The zero-order valence-corrected chi connectivity index (χ0v) is 19.1. The summed E-state index contributed by atoms with van der Waals surface area (Å²) < 4.78 is 11.7. The summed E-state index contributed by atoms with van der Waals surface area (Å²) in [5, 5.41) is 9.18. The normalized spacial score (nSPS) is 14.5. The number of para-hydroxylation sites is 1. The molecule has 1 unspecified atom stereocenters. The molecule has 4 rings (SSSR count). The fourth-order valence-corrected chi connectivity index (χ4v) is 4.07. The number of aryl methyl sites for hydroxylation is 2. The van der Waals surface area contributed by atoms with Crippen molar-refractivity contribution in [1.82, 2.24) is 5.32 Å². The molecule has 7 heteroatoms. The Morgan fingerprint density at radius 1 is 1.03 bits per heavy atom. The number of hydrogen-bond acceptors (Lipinski definition) is 5. The Hall–Kier alpha value is -4.00. The van der Waals surface area contributed by atoms with Crippen LogP contribution in [0.5, 0.6) is 11.5 Å². The lowest BCUT2D eigenvalue weighted by Gasteiger charge is -2.28. The van der Waals surface area contributed by atoms with E-state index >= 15 is 0 Å². The van der Waals surface area contributed by atoms with Crippen molar-refractivity contribution in [2.24, 2.45) is 0 Å². The maximum absolute atomic E-state index is 12.5. The molecule has 0 saturated heterocycles. The van der Waals surface area contributed by atoms with E-state index in [1.807, 2.05) is 62.4 Å².